The van der Waals surface area contributed by atoms with Gasteiger partial charge < -0.3 is 9.73 Å². The average Bonchev–Trinajstić information content (AvgIpc) is 3.15. The van der Waals surface area contributed by atoms with Crippen molar-refractivity contribution in [2.45, 2.75) is 20.4 Å². The van der Waals surface area contributed by atoms with Gasteiger partial charge in [0.05, 0.1) is 17.0 Å². The fourth-order valence-electron chi connectivity index (χ4n) is 2.10. The van der Waals surface area contributed by atoms with Gasteiger partial charge in [-0.3, -0.25) is 9.78 Å². The molecule has 3 aromatic rings. The number of carbonyl (C=O) groups excluding carboxylic acids is 1. The van der Waals surface area contributed by atoms with Crippen LogP contribution in [0.5, 0.6) is 0 Å². The van der Waals surface area contributed by atoms with Gasteiger partial charge in [-0.15, -0.1) is 11.3 Å². The Kier molecular flexibility index (Phi) is 4.02. The second-order valence-corrected chi connectivity index (χ2v) is 6.06. The number of hydrogen-bond acceptors (Lipinski definition) is 5. The monoisotopic (exact) mass is 313 g/mol. The quantitative estimate of drug-likeness (QED) is 0.802. The highest BCUT2D eigenvalue weighted by molar-refractivity contribution is 7.13. The molecule has 0 aliphatic heterocycles. The minimum Gasteiger partial charge on any atom is -0.463 e. The molecule has 6 heteroatoms. The van der Waals surface area contributed by atoms with Gasteiger partial charge in [-0.2, -0.15) is 0 Å². The third kappa shape index (κ3) is 3.07. The van der Waals surface area contributed by atoms with Crippen LogP contribution in [0.2, 0.25) is 0 Å². The first kappa shape index (κ1) is 14.5. The van der Waals surface area contributed by atoms with Gasteiger partial charge in [0, 0.05) is 12.7 Å². The maximum Gasteiger partial charge on any atom is 0.263 e. The van der Waals surface area contributed by atoms with Gasteiger partial charge in [-0.25, -0.2) is 4.98 Å². The molecule has 0 aliphatic rings. The smallest absolute Gasteiger partial charge is 0.263 e. The summed E-state index contributed by atoms with van der Waals surface area (Å²) in [6.07, 6.45) is 3.35. The van der Waals surface area contributed by atoms with Crippen molar-refractivity contribution in [3.8, 4) is 11.5 Å². The molecule has 0 radical (unpaired) electrons. The highest BCUT2D eigenvalue weighted by Crippen LogP contribution is 2.18. The van der Waals surface area contributed by atoms with Crippen molar-refractivity contribution in [2.75, 3.05) is 0 Å². The number of carbonyl (C=O) groups is 1. The number of amides is 1. The number of furan rings is 1. The largest absolute Gasteiger partial charge is 0.463 e. The zero-order valence-electron chi connectivity index (χ0n) is 12.3. The average molecular weight is 313 g/mol. The van der Waals surface area contributed by atoms with Gasteiger partial charge in [0.25, 0.3) is 5.91 Å². The second kappa shape index (κ2) is 6.11. The lowest BCUT2D eigenvalue weighted by Gasteiger charge is -2.04. The number of pyridine rings is 1. The van der Waals surface area contributed by atoms with Gasteiger partial charge in [-0.1, -0.05) is 6.07 Å². The lowest BCUT2D eigenvalue weighted by Crippen LogP contribution is -2.22. The van der Waals surface area contributed by atoms with Gasteiger partial charge in [0.1, 0.15) is 10.6 Å². The number of aryl methyl sites for hydroxylation is 2. The fourth-order valence-corrected chi connectivity index (χ4v) is 2.94. The molecule has 0 bridgehead atoms. The molecule has 0 spiro atoms. The van der Waals surface area contributed by atoms with Crippen molar-refractivity contribution in [1.82, 2.24) is 15.3 Å². The lowest BCUT2D eigenvalue weighted by molar-refractivity contribution is 0.0954. The van der Waals surface area contributed by atoms with E-state index in [1.807, 2.05) is 38.1 Å². The molecule has 0 aliphatic carbocycles. The maximum atomic E-state index is 12.1. The molecular formula is C16H15N3O2S. The van der Waals surface area contributed by atoms with Gasteiger partial charge in [0.15, 0.2) is 5.76 Å². The minimum atomic E-state index is -0.0989. The zero-order valence-corrected chi connectivity index (χ0v) is 13.1. The molecule has 3 heterocycles. The number of aromatic nitrogens is 2. The molecule has 22 heavy (non-hydrogen) atoms. The summed E-state index contributed by atoms with van der Waals surface area (Å²) >= 11 is 1.41. The molecule has 0 atom stereocenters. The Bertz CT molecular complexity index is 776. The van der Waals surface area contributed by atoms with Crippen molar-refractivity contribution >= 4 is 17.2 Å². The predicted octanol–water partition coefficient (Wildman–Crippen LogP) is 3.34. The molecule has 5 nitrogen and oxygen atoms in total. The van der Waals surface area contributed by atoms with E-state index in [0.29, 0.717) is 11.4 Å². The first-order valence-corrected chi connectivity index (χ1v) is 7.66. The molecule has 0 unspecified atom stereocenters. The van der Waals surface area contributed by atoms with Crippen molar-refractivity contribution in [3.63, 3.8) is 0 Å². The minimum absolute atomic E-state index is 0.0989. The Hall–Kier alpha value is -2.47. The van der Waals surface area contributed by atoms with Crippen LogP contribution in [0, 0.1) is 13.8 Å². The highest BCUT2D eigenvalue weighted by atomic mass is 32.1. The molecule has 0 fully saturated rings. The Morgan fingerprint density at radius 3 is 2.77 bits per heavy atom. The molecule has 1 amide bonds. The lowest BCUT2D eigenvalue weighted by atomic mass is 10.2. The van der Waals surface area contributed by atoms with E-state index in [4.69, 9.17) is 4.42 Å². The van der Waals surface area contributed by atoms with E-state index in [2.05, 4.69) is 15.3 Å². The van der Waals surface area contributed by atoms with Crippen molar-refractivity contribution < 1.29 is 9.21 Å². The van der Waals surface area contributed by atoms with Crippen LogP contribution >= 0.6 is 11.3 Å². The van der Waals surface area contributed by atoms with E-state index in [1.165, 1.54) is 11.3 Å². The van der Waals surface area contributed by atoms with E-state index in [9.17, 15) is 4.79 Å². The van der Waals surface area contributed by atoms with Crippen molar-refractivity contribution in [3.05, 3.63) is 57.9 Å². The summed E-state index contributed by atoms with van der Waals surface area (Å²) in [6.45, 7) is 4.17. The summed E-state index contributed by atoms with van der Waals surface area (Å²) in [4.78, 5) is 21.4. The Labute approximate surface area is 132 Å². The van der Waals surface area contributed by atoms with E-state index in [1.54, 1.807) is 12.5 Å². The van der Waals surface area contributed by atoms with Crippen LogP contribution < -0.4 is 5.32 Å². The number of rotatable bonds is 4. The van der Waals surface area contributed by atoms with Crippen LogP contribution in [0.25, 0.3) is 11.5 Å². The third-order valence-corrected chi connectivity index (χ3v) is 4.23. The molecule has 0 saturated heterocycles. The summed E-state index contributed by atoms with van der Waals surface area (Å²) in [6, 6.07) is 7.49. The highest BCUT2D eigenvalue weighted by Gasteiger charge is 2.13. The normalized spacial score (nSPS) is 10.6. The number of nitrogens with one attached hydrogen (secondary N) is 1. The molecule has 112 valence electrons. The topological polar surface area (TPSA) is 68.0 Å². The summed E-state index contributed by atoms with van der Waals surface area (Å²) in [5, 5.41) is 3.79. The van der Waals surface area contributed by atoms with Crippen molar-refractivity contribution in [2.24, 2.45) is 0 Å². The molecule has 3 rings (SSSR count). The summed E-state index contributed by atoms with van der Waals surface area (Å²) in [5.41, 5.74) is 2.47. The predicted molar refractivity (Wildman–Crippen MR) is 84.7 cm³/mol. The van der Waals surface area contributed by atoms with E-state index in [0.717, 1.165) is 27.7 Å². The Balaban J connectivity index is 1.64. The van der Waals surface area contributed by atoms with Crippen LogP contribution in [0.3, 0.4) is 0 Å². The maximum absolute atomic E-state index is 12.1. The second-order valence-electron chi connectivity index (χ2n) is 4.86. The molecule has 1 N–H and O–H groups in total. The summed E-state index contributed by atoms with van der Waals surface area (Å²) in [5.74, 6) is 0.629. The van der Waals surface area contributed by atoms with Crippen LogP contribution in [0.1, 0.15) is 25.9 Å². The van der Waals surface area contributed by atoms with Crippen LogP contribution in [0.15, 0.2) is 41.1 Å². The van der Waals surface area contributed by atoms with Gasteiger partial charge >= 0.3 is 0 Å². The summed E-state index contributed by atoms with van der Waals surface area (Å²) < 4.78 is 5.29. The third-order valence-electron chi connectivity index (χ3n) is 3.16. The number of thiazole rings is 1. The Morgan fingerprint density at radius 1 is 1.32 bits per heavy atom. The standard InChI is InChI=1S/C16H15N3O2S/c1-10-15(22-11(2)19-10)16(20)18-9-12-5-6-13(17-8-12)14-4-3-7-21-14/h3-8H,9H2,1-2H3,(H,18,20). The zero-order chi connectivity index (χ0) is 15.5. The first-order valence-electron chi connectivity index (χ1n) is 6.84. The first-order chi connectivity index (χ1) is 10.6. The van der Waals surface area contributed by atoms with Crippen LogP contribution in [-0.2, 0) is 6.54 Å². The molecule has 0 saturated carbocycles. The van der Waals surface area contributed by atoms with Gasteiger partial charge in [-0.05, 0) is 37.6 Å². The number of nitrogens with zero attached hydrogens (tertiary/aromatic N) is 2. The fraction of sp³-hybridized carbons (Fsp3) is 0.188. The molecule has 3 aromatic heterocycles. The molecular weight excluding hydrogens is 298 g/mol. The van der Waals surface area contributed by atoms with Crippen LogP contribution in [-0.4, -0.2) is 15.9 Å². The SMILES string of the molecule is Cc1nc(C)c(C(=O)NCc2ccc(-c3ccco3)nc2)s1. The van der Waals surface area contributed by atoms with Crippen molar-refractivity contribution in [1.29, 1.82) is 0 Å². The van der Waals surface area contributed by atoms with E-state index >= 15 is 0 Å². The van der Waals surface area contributed by atoms with Gasteiger partial charge in [0.2, 0.25) is 0 Å². The molecule has 0 aromatic carbocycles. The number of hydrogen-bond donors (Lipinski definition) is 1. The summed E-state index contributed by atoms with van der Waals surface area (Å²) in [7, 11) is 0. The Morgan fingerprint density at radius 2 is 2.18 bits per heavy atom. The van der Waals surface area contributed by atoms with E-state index in [-0.39, 0.29) is 5.91 Å². The van der Waals surface area contributed by atoms with E-state index < -0.39 is 0 Å². The van der Waals surface area contributed by atoms with Crippen LogP contribution in [0.4, 0.5) is 0 Å².